The van der Waals surface area contributed by atoms with Crippen LogP contribution in [0.1, 0.15) is 38.3 Å². The standard InChI is InChI=1S/C50H38O2/c1-5-50(3,4)35-19-17-31(18-20-35)40-28-42(46-26-33-12-6-8-15-44(33)51-46)38-24-22-37-41(32-14-10-11-30(2)25-32)29-43(39-23-21-36(40)48(38)49(37)39)47-27-34-13-7-9-16-45(34)52-47/h6-29H,5H2,1-4H3. The summed E-state index contributed by atoms with van der Waals surface area (Å²) in [6.07, 6.45) is 1.08. The number of para-hydroxylation sites is 2. The Morgan fingerprint density at radius 1 is 0.462 bits per heavy atom. The van der Waals surface area contributed by atoms with Gasteiger partial charge in [-0.2, -0.15) is 0 Å². The largest absolute Gasteiger partial charge is 0.456 e. The first-order valence-corrected chi connectivity index (χ1v) is 18.3. The zero-order chi connectivity index (χ0) is 35.1. The van der Waals surface area contributed by atoms with E-state index in [2.05, 4.69) is 161 Å². The summed E-state index contributed by atoms with van der Waals surface area (Å²) in [5.41, 5.74) is 11.5. The Balaban J connectivity index is 1.34. The van der Waals surface area contributed by atoms with Gasteiger partial charge in [-0.15, -0.1) is 0 Å². The zero-order valence-electron chi connectivity index (χ0n) is 29.9. The van der Waals surface area contributed by atoms with E-state index >= 15 is 0 Å². The van der Waals surface area contributed by atoms with Crippen LogP contribution in [0.15, 0.2) is 154 Å². The van der Waals surface area contributed by atoms with E-state index in [0.29, 0.717) is 0 Å². The predicted octanol–water partition coefficient (Wildman–Crippen LogP) is 14.7. The number of aryl methyl sites for hydroxylation is 1. The van der Waals surface area contributed by atoms with Crippen molar-refractivity contribution >= 4 is 54.3 Å². The van der Waals surface area contributed by atoms with Gasteiger partial charge in [0.15, 0.2) is 0 Å². The summed E-state index contributed by atoms with van der Waals surface area (Å²) in [6, 6.07) is 53.0. The molecular weight excluding hydrogens is 633 g/mol. The Bertz CT molecular complexity index is 2900. The van der Waals surface area contributed by atoms with Crippen LogP contribution in [0.2, 0.25) is 0 Å². The Morgan fingerprint density at radius 3 is 1.46 bits per heavy atom. The third-order valence-electron chi connectivity index (χ3n) is 11.5. The van der Waals surface area contributed by atoms with Crippen LogP contribution in [-0.2, 0) is 5.41 Å². The van der Waals surface area contributed by atoms with Gasteiger partial charge in [-0.05, 0) is 115 Å². The molecule has 0 N–H and O–H groups in total. The van der Waals surface area contributed by atoms with Gasteiger partial charge in [0.2, 0.25) is 0 Å². The van der Waals surface area contributed by atoms with E-state index in [1.54, 1.807) is 0 Å². The lowest BCUT2D eigenvalue weighted by atomic mass is 9.80. The average molecular weight is 671 g/mol. The molecule has 2 nitrogen and oxygen atoms in total. The molecule has 0 bridgehead atoms. The van der Waals surface area contributed by atoms with Gasteiger partial charge < -0.3 is 8.83 Å². The van der Waals surface area contributed by atoms with Gasteiger partial charge in [0.05, 0.1) is 0 Å². The normalized spacial score (nSPS) is 12.3. The zero-order valence-corrected chi connectivity index (χ0v) is 29.9. The fourth-order valence-corrected chi connectivity index (χ4v) is 8.23. The molecule has 0 unspecified atom stereocenters. The van der Waals surface area contributed by atoms with Gasteiger partial charge in [-0.3, -0.25) is 0 Å². The van der Waals surface area contributed by atoms with Gasteiger partial charge in [0.1, 0.15) is 22.7 Å². The van der Waals surface area contributed by atoms with Crippen LogP contribution in [0.4, 0.5) is 0 Å². The van der Waals surface area contributed by atoms with Gasteiger partial charge in [-0.25, -0.2) is 0 Å². The van der Waals surface area contributed by atoms with Crippen LogP contribution in [0.25, 0.3) is 99.2 Å². The fourth-order valence-electron chi connectivity index (χ4n) is 8.23. The number of furan rings is 2. The summed E-state index contributed by atoms with van der Waals surface area (Å²) in [4.78, 5) is 0. The maximum atomic E-state index is 6.63. The summed E-state index contributed by atoms with van der Waals surface area (Å²) in [5, 5.41) is 9.50. The van der Waals surface area contributed by atoms with Crippen LogP contribution in [0.5, 0.6) is 0 Å². The molecule has 250 valence electrons. The number of fused-ring (bicyclic) bond motifs is 2. The van der Waals surface area contributed by atoms with Crippen molar-refractivity contribution in [2.45, 2.75) is 39.5 Å². The number of benzene rings is 8. The summed E-state index contributed by atoms with van der Waals surface area (Å²) < 4.78 is 13.2. The molecule has 0 spiro atoms. The highest BCUT2D eigenvalue weighted by Crippen LogP contribution is 2.49. The second-order valence-electron chi connectivity index (χ2n) is 15.0. The number of rotatable bonds is 6. The van der Waals surface area contributed by atoms with Crippen molar-refractivity contribution < 1.29 is 8.83 Å². The Labute approximate surface area is 303 Å². The predicted molar refractivity (Wildman–Crippen MR) is 219 cm³/mol. The average Bonchev–Trinajstić information content (AvgIpc) is 3.81. The van der Waals surface area contributed by atoms with Crippen LogP contribution < -0.4 is 0 Å². The van der Waals surface area contributed by atoms with Crippen molar-refractivity contribution in [3.05, 3.63) is 157 Å². The van der Waals surface area contributed by atoms with Gasteiger partial charge >= 0.3 is 0 Å². The first-order valence-electron chi connectivity index (χ1n) is 18.3. The van der Waals surface area contributed by atoms with Crippen molar-refractivity contribution in [1.29, 1.82) is 0 Å². The molecule has 10 rings (SSSR count). The van der Waals surface area contributed by atoms with Crippen molar-refractivity contribution in [2.24, 2.45) is 0 Å². The number of hydrogen-bond donors (Lipinski definition) is 0. The van der Waals surface area contributed by atoms with E-state index in [-0.39, 0.29) is 5.41 Å². The molecular formula is C50H38O2. The molecule has 2 heteroatoms. The maximum Gasteiger partial charge on any atom is 0.136 e. The highest BCUT2D eigenvalue weighted by molar-refractivity contribution is 6.31. The summed E-state index contributed by atoms with van der Waals surface area (Å²) >= 11 is 0. The maximum absolute atomic E-state index is 6.63. The van der Waals surface area contributed by atoms with Crippen LogP contribution in [-0.4, -0.2) is 0 Å². The van der Waals surface area contributed by atoms with Gasteiger partial charge in [-0.1, -0.05) is 136 Å². The molecule has 10 aromatic rings. The molecule has 52 heavy (non-hydrogen) atoms. The molecule has 0 saturated heterocycles. The Kier molecular flexibility index (Phi) is 6.76. The van der Waals surface area contributed by atoms with E-state index in [0.717, 1.165) is 51.0 Å². The molecule has 0 amide bonds. The fraction of sp³-hybridized carbons (Fsp3) is 0.120. The third kappa shape index (κ3) is 4.71. The van der Waals surface area contributed by atoms with Crippen molar-refractivity contribution in [2.75, 3.05) is 0 Å². The van der Waals surface area contributed by atoms with Gasteiger partial charge in [0.25, 0.3) is 0 Å². The topological polar surface area (TPSA) is 26.3 Å². The molecule has 2 heterocycles. The van der Waals surface area contributed by atoms with Crippen LogP contribution in [0.3, 0.4) is 0 Å². The molecule has 2 aromatic heterocycles. The second kappa shape index (κ2) is 11.4. The first kappa shape index (κ1) is 30.7. The first-order chi connectivity index (χ1) is 25.4. The minimum atomic E-state index is 0.111. The SMILES string of the molecule is CCC(C)(C)c1ccc(-c2cc(-c3cc4ccccc4o3)c3ccc4c(-c5cccc(C)c5)cc(-c5cc6ccccc6o5)c5ccc2c3c45)cc1. The van der Waals surface area contributed by atoms with E-state index in [1.807, 2.05) is 12.1 Å². The van der Waals surface area contributed by atoms with E-state index in [9.17, 15) is 0 Å². The monoisotopic (exact) mass is 670 g/mol. The lowest BCUT2D eigenvalue weighted by Crippen LogP contribution is -2.14. The Morgan fingerprint density at radius 2 is 0.962 bits per heavy atom. The molecule has 0 aliphatic carbocycles. The van der Waals surface area contributed by atoms with Crippen molar-refractivity contribution in [3.8, 4) is 44.9 Å². The lowest BCUT2D eigenvalue weighted by molar-refractivity contribution is 0.506. The smallest absolute Gasteiger partial charge is 0.136 e. The van der Waals surface area contributed by atoms with Crippen molar-refractivity contribution in [3.63, 3.8) is 0 Å². The molecule has 0 aliphatic rings. The van der Waals surface area contributed by atoms with Gasteiger partial charge in [0, 0.05) is 21.9 Å². The third-order valence-corrected chi connectivity index (χ3v) is 11.5. The van der Waals surface area contributed by atoms with Crippen molar-refractivity contribution in [1.82, 2.24) is 0 Å². The van der Waals surface area contributed by atoms with E-state index in [4.69, 9.17) is 8.83 Å². The molecule has 0 atom stereocenters. The highest BCUT2D eigenvalue weighted by atomic mass is 16.3. The summed E-state index contributed by atoms with van der Waals surface area (Å²) in [5.74, 6) is 1.75. The summed E-state index contributed by atoms with van der Waals surface area (Å²) in [6.45, 7) is 9.07. The quantitative estimate of drug-likeness (QED) is 0.165. The minimum absolute atomic E-state index is 0.111. The molecule has 0 radical (unpaired) electrons. The van der Waals surface area contributed by atoms with Crippen LogP contribution >= 0.6 is 0 Å². The molecule has 8 aromatic carbocycles. The minimum Gasteiger partial charge on any atom is -0.456 e. The summed E-state index contributed by atoms with van der Waals surface area (Å²) in [7, 11) is 0. The molecule has 0 aliphatic heterocycles. The second-order valence-corrected chi connectivity index (χ2v) is 15.0. The molecule has 0 fully saturated rings. The highest BCUT2D eigenvalue weighted by Gasteiger charge is 2.24. The van der Waals surface area contributed by atoms with E-state index in [1.165, 1.54) is 65.7 Å². The lowest BCUT2D eigenvalue weighted by Gasteiger charge is -2.24. The van der Waals surface area contributed by atoms with Crippen LogP contribution in [0, 0.1) is 6.92 Å². The molecule has 0 saturated carbocycles. The number of hydrogen-bond acceptors (Lipinski definition) is 2. The Hall–Kier alpha value is -6.12. The van der Waals surface area contributed by atoms with E-state index < -0.39 is 0 Å².